The Morgan fingerprint density at radius 2 is 1.60 bits per heavy atom. The van der Waals surface area contributed by atoms with Gasteiger partial charge < -0.3 is 15.4 Å². The number of nitrogens with one attached hydrogen (secondary N) is 2. The highest BCUT2D eigenvalue weighted by Gasteiger charge is 2.07. The SMILES string of the molecule is CCOc1ccccc1Nc1ccc(NC(=O)c2ccccc2)nn1. The Balaban J connectivity index is 1.68. The molecular weight excluding hydrogens is 316 g/mol. The van der Waals surface area contributed by atoms with Crippen molar-refractivity contribution >= 4 is 23.2 Å². The zero-order valence-corrected chi connectivity index (χ0v) is 13.8. The molecule has 0 spiro atoms. The molecule has 25 heavy (non-hydrogen) atoms. The van der Waals surface area contributed by atoms with Crippen LogP contribution in [0.3, 0.4) is 0 Å². The Hall–Kier alpha value is -3.41. The van der Waals surface area contributed by atoms with Crippen molar-refractivity contribution in [2.75, 3.05) is 17.2 Å². The molecule has 0 bridgehead atoms. The summed E-state index contributed by atoms with van der Waals surface area (Å²) < 4.78 is 5.57. The maximum Gasteiger partial charge on any atom is 0.256 e. The number of benzene rings is 2. The molecule has 0 aliphatic carbocycles. The fraction of sp³-hybridized carbons (Fsp3) is 0.105. The first-order chi connectivity index (χ1) is 12.3. The van der Waals surface area contributed by atoms with Gasteiger partial charge in [-0.25, -0.2) is 0 Å². The van der Waals surface area contributed by atoms with E-state index in [1.165, 1.54) is 0 Å². The number of para-hydroxylation sites is 2. The number of carbonyl (C=O) groups excluding carboxylic acids is 1. The molecule has 0 unspecified atom stereocenters. The highest BCUT2D eigenvalue weighted by atomic mass is 16.5. The normalized spacial score (nSPS) is 10.1. The molecule has 0 atom stereocenters. The molecule has 0 saturated heterocycles. The summed E-state index contributed by atoms with van der Waals surface area (Å²) in [5, 5.41) is 14.0. The van der Waals surface area contributed by atoms with Crippen molar-refractivity contribution in [3.8, 4) is 5.75 Å². The standard InChI is InChI=1S/C19H18N4O2/c1-2-25-16-11-7-6-10-15(16)20-17-12-13-18(23-22-17)21-19(24)14-8-4-3-5-9-14/h3-13H,2H2,1H3,(H,20,22)(H,21,23,24). The molecule has 0 radical (unpaired) electrons. The van der Waals surface area contributed by atoms with E-state index >= 15 is 0 Å². The van der Waals surface area contributed by atoms with Crippen LogP contribution >= 0.6 is 0 Å². The maximum absolute atomic E-state index is 12.1. The average molecular weight is 334 g/mol. The number of aromatic nitrogens is 2. The summed E-state index contributed by atoms with van der Waals surface area (Å²) in [6.45, 7) is 2.51. The molecule has 0 fully saturated rings. The molecule has 0 aliphatic heterocycles. The average Bonchev–Trinajstić information content (AvgIpc) is 2.66. The Kier molecular flexibility index (Phi) is 5.21. The van der Waals surface area contributed by atoms with Crippen LogP contribution < -0.4 is 15.4 Å². The van der Waals surface area contributed by atoms with Crippen LogP contribution in [0.4, 0.5) is 17.3 Å². The van der Waals surface area contributed by atoms with E-state index in [4.69, 9.17) is 4.74 Å². The van der Waals surface area contributed by atoms with E-state index in [0.29, 0.717) is 23.8 Å². The van der Waals surface area contributed by atoms with E-state index in [0.717, 1.165) is 11.4 Å². The number of carbonyl (C=O) groups is 1. The van der Waals surface area contributed by atoms with E-state index in [2.05, 4.69) is 20.8 Å². The van der Waals surface area contributed by atoms with Gasteiger partial charge in [0.2, 0.25) is 0 Å². The van der Waals surface area contributed by atoms with Gasteiger partial charge in [0.05, 0.1) is 12.3 Å². The van der Waals surface area contributed by atoms with E-state index in [-0.39, 0.29) is 5.91 Å². The van der Waals surface area contributed by atoms with E-state index in [9.17, 15) is 4.79 Å². The zero-order valence-electron chi connectivity index (χ0n) is 13.8. The molecule has 6 nitrogen and oxygen atoms in total. The Labute approximate surface area is 145 Å². The van der Waals surface area contributed by atoms with Gasteiger partial charge in [-0.2, -0.15) is 0 Å². The summed E-state index contributed by atoms with van der Waals surface area (Å²) >= 11 is 0. The predicted molar refractivity (Wildman–Crippen MR) is 97.3 cm³/mol. The third-order valence-corrected chi connectivity index (χ3v) is 3.39. The number of nitrogens with zero attached hydrogens (tertiary/aromatic N) is 2. The van der Waals surface area contributed by atoms with Gasteiger partial charge in [0.25, 0.3) is 5.91 Å². The van der Waals surface area contributed by atoms with Gasteiger partial charge in [-0.3, -0.25) is 4.79 Å². The lowest BCUT2D eigenvalue weighted by molar-refractivity contribution is 0.102. The van der Waals surface area contributed by atoms with Crippen LogP contribution in [0.15, 0.2) is 66.7 Å². The summed E-state index contributed by atoms with van der Waals surface area (Å²) in [5.41, 5.74) is 1.37. The molecule has 0 aliphatic rings. The van der Waals surface area contributed by atoms with Crippen LogP contribution in [0, 0.1) is 0 Å². The van der Waals surface area contributed by atoms with Crippen molar-refractivity contribution in [3.63, 3.8) is 0 Å². The smallest absolute Gasteiger partial charge is 0.256 e. The van der Waals surface area contributed by atoms with Crippen molar-refractivity contribution in [2.45, 2.75) is 6.92 Å². The van der Waals surface area contributed by atoms with Gasteiger partial charge in [0.15, 0.2) is 11.6 Å². The molecule has 1 aromatic heterocycles. The molecule has 2 N–H and O–H groups in total. The van der Waals surface area contributed by atoms with E-state index in [1.54, 1.807) is 24.3 Å². The Bertz CT molecular complexity index is 836. The minimum absolute atomic E-state index is 0.225. The lowest BCUT2D eigenvalue weighted by Gasteiger charge is -2.11. The van der Waals surface area contributed by atoms with Crippen molar-refractivity contribution in [3.05, 3.63) is 72.3 Å². The van der Waals surface area contributed by atoms with Crippen molar-refractivity contribution in [1.29, 1.82) is 0 Å². The van der Waals surface area contributed by atoms with Crippen molar-refractivity contribution in [1.82, 2.24) is 10.2 Å². The Morgan fingerprint density at radius 3 is 2.32 bits per heavy atom. The molecule has 1 heterocycles. The maximum atomic E-state index is 12.1. The monoisotopic (exact) mass is 334 g/mol. The highest BCUT2D eigenvalue weighted by Crippen LogP contribution is 2.26. The first kappa shape index (κ1) is 16.4. The summed E-state index contributed by atoms with van der Waals surface area (Å²) in [5.74, 6) is 1.47. The van der Waals surface area contributed by atoms with Crippen LogP contribution in [0.25, 0.3) is 0 Å². The van der Waals surface area contributed by atoms with Crippen molar-refractivity contribution in [2.24, 2.45) is 0 Å². The predicted octanol–water partition coefficient (Wildman–Crippen LogP) is 3.87. The van der Waals surface area contributed by atoms with Crippen LogP contribution in [0.2, 0.25) is 0 Å². The number of rotatable bonds is 6. The number of hydrogen-bond donors (Lipinski definition) is 2. The fourth-order valence-electron chi connectivity index (χ4n) is 2.23. The number of amides is 1. The van der Waals surface area contributed by atoms with Crippen LogP contribution in [-0.2, 0) is 0 Å². The summed E-state index contributed by atoms with van der Waals surface area (Å²) in [7, 11) is 0. The second kappa shape index (κ2) is 7.92. The molecule has 1 amide bonds. The third-order valence-electron chi connectivity index (χ3n) is 3.39. The zero-order chi connectivity index (χ0) is 17.5. The molecule has 3 aromatic rings. The summed E-state index contributed by atoms with van der Waals surface area (Å²) in [6.07, 6.45) is 0. The first-order valence-electron chi connectivity index (χ1n) is 7.95. The topological polar surface area (TPSA) is 76.1 Å². The van der Waals surface area contributed by atoms with Gasteiger partial charge in [0.1, 0.15) is 5.75 Å². The van der Waals surface area contributed by atoms with Gasteiger partial charge in [-0.15, -0.1) is 10.2 Å². The minimum Gasteiger partial charge on any atom is -0.492 e. The second-order valence-electron chi connectivity index (χ2n) is 5.18. The molecular formula is C19H18N4O2. The molecule has 0 saturated carbocycles. The largest absolute Gasteiger partial charge is 0.492 e. The minimum atomic E-state index is -0.225. The lowest BCUT2D eigenvalue weighted by atomic mass is 10.2. The molecule has 2 aromatic carbocycles. The van der Waals surface area contributed by atoms with Gasteiger partial charge in [-0.1, -0.05) is 30.3 Å². The molecule has 6 heteroatoms. The van der Waals surface area contributed by atoms with Gasteiger partial charge in [0, 0.05) is 5.56 Å². The molecule has 126 valence electrons. The second-order valence-corrected chi connectivity index (χ2v) is 5.18. The molecule has 3 rings (SSSR count). The van der Waals surface area contributed by atoms with E-state index < -0.39 is 0 Å². The first-order valence-corrected chi connectivity index (χ1v) is 7.95. The van der Waals surface area contributed by atoms with Gasteiger partial charge >= 0.3 is 0 Å². The Morgan fingerprint density at radius 1 is 0.920 bits per heavy atom. The van der Waals surface area contributed by atoms with Crippen LogP contribution in [0.5, 0.6) is 5.75 Å². The van der Waals surface area contributed by atoms with E-state index in [1.807, 2.05) is 49.4 Å². The van der Waals surface area contributed by atoms with Crippen LogP contribution in [0.1, 0.15) is 17.3 Å². The van der Waals surface area contributed by atoms with Crippen LogP contribution in [-0.4, -0.2) is 22.7 Å². The number of hydrogen-bond acceptors (Lipinski definition) is 5. The van der Waals surface area contributed by atoms with Crippen molar-refractivity contribution < 1.29 is 9.53 Å². The fourth-order valence-corrected chi connectivity index (χ4v) is 2.23. The highest BCUT2D eigenvalue weighted by molar-refractivity contribution is 6.03. The third kappa shape index (κ3) is 4.32. The number of anilines is 3. The number of ether oxygens (including phenoxy) is 1. The summed E-state index contributed by atoms with van der Waals surface area (Å²) in [6, 6.07) is 20.0. The quantitative estimate of drug-likeness (QED) is 0.715. The van der Waals surface area contributed by atoms with Gasteiger partial charge in [-0.05, 0) is 43.3 Å². The lowest BCUT2D eigenvalue weighted by Crippen LogP contribution is -2.13. The summed E-state index contributed by atoms with van der Waals surface area (Å²) in [4.78, 5) is 12.1.